The van der Waals surface area contributed by atoms with E-state index in [9.17, 15) is 53.4 Å². The second-order valence-corrected chi connectivity index (χ2v) is 17.2. The van der Waals surface area contributed by atoms with E-state index in [-0.39, 0.29) is 30.1 Å². The van der Waals surface area contributed by atoms with Gasteiger partial charge in [-0.15, -0.1) is 0 Å². The number of carbonyl (C=O) groups excluding carboxylic acids is 8. The maximum atomic E-state index is 14.3. The summed E-state index contributed by atoms with van der Waals surface area (Å²) < 4.78 is 5.35. The number of aliphatic carboxylic acids is 1. The number of phenolic OH excluding ortho intramolecular Hbond substituents is 1. The summed E-state index contributed by atoms with van der Waals surface area (Å²) in [6, 6.07) is 4.98. The molecule has 0 aliphatic carbocycles. The summed E-state index contributed by atoms with van der Waals surface area (Å²) in [6.07, 6.45) is -2.93. The number of nitrogens with one attached hydrogen (secondary N) is 6. The van der Waals surface area contributed by atoms with E-state index in [0.717, 1.165) is 21.6 Å². The predicted octanol–water partition coefficient (Wildman–Crippen LogP) is -0.885. The minimum absolute atomic E-state index is 0.0697. The second-order valence-electron chi connectivity index (χ2n) is 14.6. The van der Waals surface area contributed by atoms with E-state index in [4.69, 9.17) is 16.2 Å². The Labute approximate surface area is 353 Å². The Morgan fingerprint density at radius 2 is 1.20 bits per heavy atom. The monoisotopic (exact) mass is 874 g/mol. The average Bonchev–Trinajstić information content (AvgIpc) is 3.15. The Hall–Kier alpha value is -6.03. The van der Waals surface area contributed by atoms with Crippen LogP contribution in [-0.2, 0) is 55.9 Å². The molecule has 1 saturated heterocycles. The Morgan fingerprint density at radius 1 is 0.700 bits per heavy atom. The number of carbonyl (C=O) groups is 9. The van der Waals surface area contributed by atoms with Crippen molar-refractivity contribution in [1.29, 1.82) is 0 Å². The number of carboxylic acid groups (broad SMARTS) is 1. The van der Waals surface area contributed by atoms with E-state index in [0.29, 0.717) is 11.1 Å². The largest absolute Gasteiger partial charge is 0.508 e. The van der Waals surface area contributed by atoms with Crippen LogP contribution >= 0.6 is 21.6 Å². The normalized spacial score (nSPS) is 22.7. The maximum Gasteiger partial charge on any atom is 0.408 e. The van der Waals surface area contributed by atoms with Crippen LogP contribution in [0.25, 0.3) is 0 Å². The topological polar surface area (TPSA) is 328 Å². The van der Waals surface area contributed by atoms with Crippen molar-refractivity contribution >= 4 is 75.0 Å². The Balaban J connectivity index is 2.14. The van der Waals surface area contributed by atoms with Crippen molar-refractivity contribution in [2.24, 2.45) is 11.5 Å². The fourth-order valence-corrected chi connectivity index (χ4v) is 7.82. The molecule has 1 aliphatic heterocycles. The minimum atomic E-state index is -1.74. The van der Waals surface area contributed by atoms with Crippen LogP contribution in [0.5, 0.6) is 5.75 Å². The third-order valence-electron chi connectivity index (χ3n) is 8.45. The zero-order chi connectivity index (χ0) is 44.6. The van der Waals surface area contributed by atoms with E-state index in [1.165, 1.54) is 24.3 Å². The van der Waals surface area contributed by atoms with Gasteiger partial charge in [-0.05, 0) is 50.5 Å². The summed E-state index contributed by atoms with van der Waals surface area (Å²) in [7, 11) is 1.83. The van der Waals surface area contributed by atoms with E-state index in [2.05, 4.69) is 31.9 Å². The number of rotatable bonds is 11. The third-order valence-corrected chi connectivity index (χ3v) is 10.9. The van der Waals surface area contributed by atoms with Crippen LogP contribution in [0.3, 0.4) is 0 Å². The highest BCUT2D eigenvalue weighted by Gasteiger charge is 2.35. The van der Waals surface area contributed by atoms with Crippen LogP contribution in [0.4, 0.5) is 4.79 Å². The van der Waals surface area contributed by atoms with Gasteiger partial charge < -0.3 is 58.3 Å². The third kappa shape index (κ3) is 17.1. The second kappa shape index (κ2) is 22.9. The molecule has 1 aliphatic rings. The molecule has 1 fully saturated rings. The van der Waals surface area contributed by atoms with Gasteiger partial charge in [0.05, 0.1) is 6.42 Å². The molecular weight excluding hydrogens is 825 g/mol. The fraction of sp³-hybridized carbons (Fsp3) is 0.447. The van der Waals surface area contributed by atoms with Crippen molar-refractivity contribution < 1.29 is 58.1 Å². The van der Waals surface area contributed by atoms with Gasteiger partial charge in [0.25, 0.3) is 0 Å². The van der Waals surface area contributed by atoms with Gasteiger partial charge in [-0.1, -0.05) is 64.1 Å². The first kappa shape index (κ1) is 48.3. The summed E-state index contributed by atoms with van der Waals surface area (Å²) in [4.78, 5) is 118. The number of carboxylic acids is 1. The van der Waals surface area contributed by atoms with Crippen LogP contribution in [-0.4, -0.2) is 117 Å². The average molecular weight is 875 g/mol. The van der Waals surface area contributed by atoms with Crippen molar-refractivity contribution in [2.75, 3.05) is 11.5 Å². The summed E-state index contributed by atoms with van der Waals surface area (Å²) in [5.41, 5.74) is 10.8. The van der Waals surface area contributed by atoms with Crippen molar-refractivity contribution in [3.05, 3.63) is 65.7 Å². The van der Waals surface area contributed by atoms with Crippen molar-refractivity contribution in [3.63, 3.8) is 0 Å². The maximum absolute atomic E-state index is 14.3. The molecule has 2 aromatic rings. The molecule has 0 radical (unpaired) electrons. The van der Waals surface area contributed by atoms with Crippen LogP contribution in [0.1, 0.15) is 51.2 Å². The molecule has 0 unspecified atom stereocenters. The highest BCUT2D eigenvalue weighted by molar-refractivity contribution is 8.76. The van der Waals surface area contributed by atoms with Gasteiger partial charge in [0, 0.05) is 30.8 Å². The standard InChI is InChI=1S/C38H50N8O12S2/c1-38(2,3)58-37(57)46-27-18-59-60-19-28(36(55)56)45-34(53)26(17-30(40)49)44-31(50)23(13-14-29(39)48)41-32(51)24(15-20-7-5-4-6-8-20)42-33(52)25(43-35(27)54)16-21-9-11-22(47)12-10-21/h4-12,23-28,47H,13-19H2,1-3H3,(H2,39,48)(H2,40,49)(H,41,51)(H,42,52)(H,43,54)(H,44,50)(H,45,53)(H,46,57)(H,55,56)/t23-,24-,25+,26-,27-,28-/m0/s1. The van der Waals surface area contributed by atoms with Crippen LogP contribution in [0.2, 0.25) is 0 Å². The van der Waals surface area contributed by atoms with E-state index in [1.54, 1.807) is 51.1 Å². The molecule has 3 rings (SSSR count). The highest BCUT2D eigenvalue weighted by Crippen LogP contribution is 2.24. The Morgan fingerprint density at radius 3 is 1.75 bits per heavy atom. The predicted molar refractivity (Wildman–Crippen MR) is 220 cm³/mol. The Kier molecular flexibility index (Phi) is 18.5. The molecular formula is C38H50N8O12S2. The summed E-state index contributed by atoms with van der Waals surface area (Å²) in [5, 5.41) is 34.6. The minimum Gasteiger partial charge on any atom is -0.508 e. The first-order valence-electron chi connectivity index (χ1n) is 18.6. The number of alkyl carbamates (subject to hydrolysis) is 1. The first-order valence-corrected chi connectivity index (χ1v) is 21.1. The SMILES string of the molecule is CC(C)(C)OC(=O)N[C@H]1CSSC[C@@H](C(=O)O)NC(=O)[C@H](CC(N)=O)NC(=O)[C@H](CCC(N)=O)NC(=O)[C@H](Cc2ccccc2)NC(=O)[C@@H](Cc2ccc(O)cc2)NC1=O. The molecule has 8 amide bonds. The number of hydrogen-bond acceptors (Lipinski definition) is 13. The molecule has 60 heavy (non-hydrogen) atoms. The summed E-state index contributed by atoms with van der Waals surface area (Å²) >= 11 is 0. The molecule has 0 spiro atoms. The number of aromatic hydroxyl groups is 1. The molecule has 0 bridgehead atoms. The lowest BCUT2D eigenvalue weighted by Crippen LogP contribution is -2.60. The number of benzene rings is 2. The lowest BCUT2D eigenvalue weighted by atomic mass is 10.0. The van der Waals surface area contributed by atoms with Gasteiger partial charge in [0.2, 0.25) is 41.4 Å². The summed E-state index contributed by atoms with van der Waals surface area (Å²) in [5.74, 6) is -8.87. The fourth-order valence-electron chi connectivity index (χ4n) is 5.50. The van der Waals surface area contributed by atoms with Crippen LogP contribution in [0.15, 0.2) is 54.6 Å². The zero-order valence-electron chi connectivity index (χ0n) is 33.1. The van der Waals surface area contributed by atoms with E-state index >= 15 is 0 Å². The molecule has 12 N–H and O–H groups in total. The Bertz CT molecular complexity index is 1880. The zero-order valence-corrected chi connectivity index (χ0v) is 34.7. The van der Waals surface area contributed by atoms with Crippen LogP contribution in [0, 0.1) is 0 Å². The highest BCUT2D eigenvalue weighted by atomic mass is 33.1. The van der Waals surface area contributed by atoms with E-state index in [1.807, 2.05) is 0 Å². The number of amides is 8. The molecule has 0 aromatic heterocycles. The number of phenols is 1. The van der Waals surface area contributed by atoms with E-state index < -0.39 is 115 Å². The molecule has 0 saturated carbocycles. The van der Waals surface area contributed by atoms with Gasteiger partial charge in [0.1, 0.15) is 47.6 Å². The van der Waals surface area contributed by atoms with Gasteiger partial charge in [-0.3, -0.25) is 33.6 Å². The van der Waals surface area contributed by atoms with Gasteiger partial charge >= 0.3 is 12.1 Å². The molecule has 2 aromatic carbocycles. The molecule has 326 valence electrons. The van der Waals surface area contributed by atoms with Crippen LogP contribution < -0.4 is 43.4 Å². The molecule has 20 nitrogen and oxygen atoms in total. The first-order chi connectivity index (χ1) is 28.2. The smallest absolute Gasteiger partial charge is 0.408 e. The lowest BCUT2D eigenvalue weighted by molar-refractivity contribution is -0.141. The van der Waals surface area contributed by atoms with Crippen molar-refractivity contribution in [2.45, 2.75) is 94.7 Å². The number of primary amides is 2. The number of hydrogen-bond donors (Lipinski definition) is 10. The van der Waals surface area contributed by atoms with Crippen molar-refractivity contribution in [3.8, 4) is 5.75 Å². The molecule has 22 heteroatoms. The number of nitrogens with two attached hydrogens (primary N) is 2. The quantitative estimate of drug-likeness (QED) is 0.123. The molecule has 1 heterocycles. The molecule has 6 atom stereocenters. The van der Waals surface area contributed by atoms with Gasteiger partial charge in [0.15, 0.2) is 0 Å². The summed E-state index contributed by atoms with van der Waals surface area (Å²) in [6.45, 7) is 4.81. The van der Waals surface area contributed by atoms with Crippen molar-refractivity contribution in [1.82, 2.24) is 31.9 Å². The van der Waals surface area contributed by atoms with Gasteiger partial charge in [-0.2, -0.15) is 0 Å². The lowest BCUT2D eigenvalue weighted by Gasteiger charge is -2.28. The van der Waals surface area contributed by atoms with Gasteiger partial charge in [-0.25, -0.2) is 9.59 Å². The number of ether oxygens (including phenoxy) is 1.